The average molecular weight is 286 g/mol. The number of carbonyl (C=O) groups is 1. The Bertz CT molecular complexity index is 423. The van der Waals surface area contributed by atoms with Gasteiger partial charge in [0, 0.05) is 17.7 Å². The van der Waals surface area contributed by atoms with Crippen LogP contribution in [0.25, 0.3) is 0 Å². The molecule has 1 rings (SSSR count). The monoisotopic (exact) mass is 285 g/mol. The van der Waals surface area contributed by atoms with Crippen molar-refractivity contribution in [2.75, 3.05) is 13.2 Å². The van der Waals surface area contributed by atoms with E-state index in [1.165, 1.54) is 0 Å². The molecule has 1 aromatic carbocycles. The summed E-state index contributed by atoms with van der Waals surface area (Å²) < 4.78 is 5.42. The third-order valence-electron chi connectivity index (χ3n) is 2.66. The highest BCUT2D eigenvalue weighted by Crippen LogP contribution is 2.23. The van der Waals surface area contributed by atoms with Gasteiger partial charge in [0.1, 0.15) is 5.75 Å². The van der Waals surface area contributed by atoms with Gasteiger partial charge in [-0.2, -0.15) is 0 Å². The van der Waals surface area contributed by atoms with Gasteiger partial charge in [-0.15, -0.1) is 0 Å². The van der Waals surface area contributed by atoms with Crippen LogP contribution in [0.2, 0.25) is 5.02 Å². The van der Waals surface area contributed by atoms with Gasteiger partial charge in [0.15, 0.2) is 0 Å². The van der Waals surface area contributed by atoms with Crippen LogP contribution in [0.4, 0.5) is 0 Å². The summed E-state index contributed by atoms with van der Waals surface area (Å²) in [6, 6.07) is 4.96. The Morgan fingerprint density at radius 2 is 2.26 bits per heavy atom. The first-order valence-corrected chi connectivity index (χ1v) is 6.80. The van der Waals surface area contributed by atoms with E-state index in [9.17, 15) is 4.79 Å². The molecule has 0 radical (unpaired) electrons. The van der Waals surface area contributed by atoms with Crippen LogP contribution in [0.3, 0.4) is 0 Å². The van der Waals surface area contributed by atoms with Crippen molar-refractivity contribution in [2.45, 2.75) is 32.7 Å². The lowest BCUT2D eigenvalue weighted by atomic mass is 10.1. The zero-order valence-corrected chi connectivity index (χ0v) is 12.0. The summed E-state index contributed by atoms with van der Waals surface area (Å²) in [5, 5.41) is 12.2. The third kappa shape index (κ3) is 5.09. The lowest BCUT2D eigenvalue weighted by Crippen LogP contribution is -2.33. The van der Waals surface area contributed by atoms with Gasteiger partial charge in [-0.05, 0) is 44.9 Å². The molecule has 1 unspecified atom stereocenters. The highest BCUT2D eigenvalue weighted by molar-refractivity contribution is 6.30. The number of amides is 1. The summed E-state index contributed by atoms with van der Waals surface area (Å²) in [6.45, 7) is 4.36. The van der Waals surface area contributed by atoms with Crippen LogP contribution in [-0.2, 0) is 0 Å². The molecule has 0 saturated carbocycles. The van der Waals surface area contributed by atoms with Gasteiger partial charge < -0.3 is 15.2 Å². The standard InChI is InChI=1S/C14H20ClNO3/c1-3-19-13-9-11(15)6-7-12(13)14(18)16-10(2)5-4-8-17/h6-7,9-10,17H,3-5,8H2,1-2H3,(H,16,18). The Labute approximate surface area is 118 Å². The van der Waals surface area contributed by atoms with E-state index < -0.39 is 0 Å². The Morgan fingerprint density at radius 3 is 2.89 bits per heavy atom. The van der Waals surface area contributed by atoms with Gasteiger partial charge in [-0.25, -0.2) is 0 Å². The van der Waals surface area contributed by atoms with E-state index in [1.807, 2.05) is 13.8 Å². The van der Waals surface area contributed by atoms with E-state index >= 15 is 0 Å². The fraction of sp³-hybridized carbons (Fsp3) is 0.500. The topological polar surface area (TPSA) is 58.6 Å². The zero-order valence-electron chi connectivity index (χ0n) is 11.3. The summed E-state index contributed by atoms with van der Waals surface area (Å²) in [4.78, 5) is 12.1. The fourth-order valence-electron chi connectivity index (χ4n) is 1.73. The molecule has 0 saturated heterocycles. The SMILES string of the molecule is CCOc1cc(Cl)ccc1C(=O)NC(C)CCCO. The van der Waals surface area contributed by atoms with Gasteiger partial charge in [-0.3, -0.25) is 4.79 Å². The first kappa shape index (κ1) is 15.8. The molecule has 0 aliphatic rings. The minimum atomic E-state index is -0.189. The normalized spacial score (nSPS) is 12.0. The minimum absolute atomic E-state index is 0.00445. The number of halogens is 1. The van der Waals surface area contributed by atoms with Crippen molar-refractivity contribution >= 4 is 17.5 Å². The molecule has 19 heavy (non-hydrogen) atoms. The van der Waals surface area contributed by atoms with E-state index in [1.54, 1.807) is 18.2 Å². The molecule has 0 aromatic heterocycles. The average Bonchev–Trinajstić information content (AvgIpc) is 2.36. The number of rotatable bonds is 7. The lowest BCUT2D eigenvalue weighted by Gasteiger charge is -2.15. The summed E-state index contributed by atoms with van der Waals surface area (Å²) >= 11 is 5.89. The van der Waals surface area contributed by atoms with Crippen LogP contribution in [-0.4, -0.2) is 30.3 Å². The quantitative estimate of drug-likeness (QED) is 0.810. The Kier molecular flexibility index (Phi) is 6.67. The third-order valence-corrected chi connectivity index (χ3v) is 2.90. The Balaban J connectivity index is 2.75. The second-order valence-corrected chi connectivity index (χ2v) is 4.75. The van der Waals surface area contributed by atoms with Gasteiger partial charge in [0.05, 0.1) is 12.2 Å². The molecule has 106 valence electrons. The first-order chi connectivity index (χ1) is 9.08. The molecule has 5 heteroatoms. The lowest BCUT2D eigenvalue weighted by molar-refractivity contribution is 0.0932. The van der Waals surface area contributed by atoms with Gasteiger partial charge in [0.2, 0.25) is 0 Å². The Hall–Kier alpha value is -1.26. The maximum Gasteiger partial charge on any atom is 0.255 e. The molecule has 0 aliphatic heterocycles. The van der Waals surface area contributed by atoms with Crippen LogP contribution >= 0.6 is 11.6 Å². The summed E-state index contributed by atoms with van der Waals surface area (Å²) in [5.74, 6) is 0.299. The summed E-state index contributed by atoms with van der Waals surface area (Å²) in [5.41, 5.74) is 0.474. The highest BCUT2D eigenvalue weighted by Gasteiger charge is 2.15. The van der Waals surface area contributed by atoms with Crippen LogP contribution in [0, 0.1) is 0 Å². The molecule has 1 aromatic rings. The number of hydrogen-bond donors (Lipinski definition) is 2. The van der Waals surface area contributed by atoms with Crippen molar-refractivity contribution < 1.29 is 14.6 Å². The van der Waals surface area contributed by atoms with Crippen molar-refractivity contribution in [3.63, 3.8) is 0 Å². The zero-order chi connectivity index (χ0) is 14.3. The number of hydrogen-bond acceptors (Lipinski definition) is 3. The molecular formula is C14H20ClNO3. The van der Waals surface area contributed by atoms with Gasteiger partial charge >= 0.3 is 0 Å². The smallest absolute Gasteiger partial charge is 0.255 e. The molecular weight excluding hydrogens is 266 g/mol. The van der Waals surface area contributed by atoms with Crippen LogP contribution in [0.5, 0.6) is 5.75 Å². The fourth-order valence-corrected chi connectivity index (χ4v) is 1.89. The van der Waals surface area contributed by atoms with Crippen LogP contribution < -0.4 is 10.1 Å². The number of ether oxygens (including phenoxy) is 1. The molecule has 4 nitrogen and oxygen atoms in total. The molecule has 0 aliphatic carbocycles. The second-order valence-electron chi connectivity index (χ2n) is 4.31. The van der Waals surface area contributed by atoms with Gasteiger partial charge in [0.25, 0.3) is 5.91 Å². The summed E-state index contributed by atoms with van der Waals surface area (Å²) in [6.07, 6.45) is 1.40. The predicted molar refractivity (Wildman–Crippen MR) is 75.9 cm³/mol. The second kappa shape index (κ2) is 8.02. The van der Waals surface area contributed by atoms with Crippen molar-refractivity contribution in [2.24, 2.45) is 0 Å². The molecule has 1 atom stereocenters. The number of carbonyl (C=O) groups excluding carboxylic acids is 1. The maximum absolute atomic E-state index is 12.1. The van der Waals surface area contributed by atoms with E-state index in [2.05, 4.69) is 5.32 Å². The number of benzene rings is 1. The molecule has 2 N–H and O–H groups in total. The molecule has 0 spiro atoms. The number of aliphatic hydroxyl groups is 1. The van der Waals surface area contributed by atoms with Crippen molar-refractivity contribution in [1.29, 1.82) is 0 Å². The van der Waals surface area contributed by atoms with E-state index in [4.69, 9.17) is 21.4 Å². The highest BCUT2D eigenvalue weighted by atomic mass is 35.5. The van der Waals surface area contributed by atoms with E-state index in [-0.39, 0.29) is 18.6 Å². The van der Waals surface area contributed by atoms with E-state index in [0.717, 1.165) is 6.42 Å². The first-order valence-electron chi connectivity index (χ1n) is 6.42. The molecule has 0 heterocycles. The van der Waals surface area contributed by atoms with Crippen LogP contribution in [0.1, 0.15) is 37.0 Å². The number of aliphatic hydroxyl groups excluding tert-OH is 1. The molecule has 1 amide bonds. The van der Waals surface area contributed by atoms with Crippen molar-refractivity contribution in [1.82, 2.24) is 5.32 Å². The van der Waals surface area contributed by atoms with Crippen molar-refractivity contribution in [3.05, 3.63) is 28.8 Å². The summed E-state index contributed by atoms with van der Waals surface area (Å²) in [7, 11) is 0. The predicted octanol–water partition coefficient (Wildman–Crippen LogP) is 2.63. The Morgan fingerprint density at radius 1 is 1.53 bits per heavy atom. The molecule has 0 fully saturated rings. The number of nitrogens with one attached hydrogen (secondary N) is 1. The van der Waals surface area contributed by atoms with Gasteiger partial charge in [-0.1, -0.05) is 11.6 Å². The molecule has 0 bridgehead atoms. The van der Waals surface area contributed by atoms with Crippen LogP contribution in [0.15, 0.2) is 18.2 Å². The van der Waals surface area contributed by atoms with Crippen molar-refractivity contribution in [3.8, 4) is 5.75 Å². The maximum atomic E-state index is 12.1. The largest absolute Gasteiger partial charge is 0.493 e. The van der Waals surface area contributed by atoms with E-state index in [0.29, 0.717) is 29.4 Å². The minimum Gasteiger partial charge on any atom is -0.493 e.